The molecule has 0 fully saturated rings. The second-order valence-electron chi connectivity index (χ2n) is 4.25. The van der Waals surface area contributed by atoms with Crippen LogP contribution in [-0.4, -0.2) is 38.6 Å². The predicted octanol–water partition coefficient (Wildman–Crippen LogP) is 1.12. The summed E-state index contributed by atoms with van der Waals surface area (Å²) < 4.78 is 26.1. The Morgan fingerprint density at radius 1 is 1.24 bits per heavy atom. The van der Waals surface area contributed by atoms with Crippen LogP contribution in [0.1, 0.15) is 11.6 Å². The summed E-state index contributed by atoms with van der Waals surface area (Å²) in [5.74, 6) is -1.15. The second kappa shape index (κ2) is 6.64. The van der Waals surface area contributed by atoms with Crippen LogP contribution < -0.4 is 11.1 Å². The molecular weight excluding hydrogens is 224 g/mol. The second-order valence-corrected chi connectivity index (χ2v) is 4.25. The zero-order chi connectivity index (χ0) is 12.8. The first-order valence-corrected chi connectivity index (χ1v) is 5.57. The van der Waals surface area contributed by atoms with E-state index in [1.54, 1.807) is 0 Å². The highest BCUT2D eigenvalue weighted by Gasteiger charge is 2.11. The van der Waals surface area contributed by atoms with Crippen LogP contribution in [0, 0.1) is 11.6 Å². The van der Waals surface area contributed by atoms with Crippen molar-refractivity contribution in [2.24, 2.45) is 5.73 Å². The summed E-state index contributed by atoms with van der Waals surface area (Å²) in [4.78, 5) is 2.02. The Morgan fingerprint density at radius 2 is 1.82 bits per heavy atom. The summed E-state index contributed by atoms with van der Waals surface area (Å²) in [6, 6.07) is 3.25. The van der Waals surface area contributed by atoms with E-state index in [9.17, 15) is 8.78 Å². The van der Waals surface area contributed by atoms with Gasteiger partial charge in [0.25, 0.3) is 0 Å². The molecule has 0 aliphatic heterocycles. The van der Waals surface area contributed by atoms with Crippen molar-refractivity contribution in [1.29, 1.82) is 0 Å². The third-order valence-electron chi connectivity index (χ3n) is 2.47. The lowest BCUT2D eigenvalue weighted by Crippen LogP contribution is -2.33. The molecule has 1 aromatic carbocycles. The first-order valence-electron chi connectivity index (χ1n) is 5.57. The molecule has 0 amide bonds. The molecule has 0 aliphatic rings. The van der Waals surface area contributed by atoms with Gasteiger partial charge in [-0.3, -0.25) is 0 Å². The van der Waals surface area contributed by atoms with Crippen molar-refractivity contribution < 1.29 is 8.78 Å². The summed E-state index contributed by atoms with van der Waals surface area (Å²) in [7, 11) is 3.92. The fourth-order valence-corrected chi connectivity index (χ4v) is 1.58. The summed E-state index contributed by atoms with van der Waals surface area (Å²) in [5, 5.41) is 3.17. The Kier molecular flexibility index (Phi) is 5.47. The lowest BCUT2D eigenvalue weighted by atomic mass is 10.1. The lowest BCUT2D eigenvalue weighted by molar-refractivity contribution is 0.385. The molecule has 0 radical (unpaired) electrons. The van der Waals surface area contributed by atoms with Crippen LogP contribution >= 0.6 is 0 Å². The largest absolute Gasteiger partial charge is 0.329 e. The van der Waals surface area contributed by atoms with Gasteiger partial charge in [0.15, 0.2) is 0 Å². The third kappa shape index (κ3) is 4.77. The van der Waals surface area contributed by atoms with E-state index in [4.69, 9.17) is 5.73 Å². The van der Waals surface area contributed by atoms with Gasteiger partial charge in [0.05, 0.1) is 0 Å². The molecule has 5 heteroatoms. The summed E-state index contributed by atoms with van der Waals surface area (Å²) in [5.41, 5.74) is 6.15. The number of nitrogens with two attached hydrogens (primary N) is 1. The van der Waals surface area contributed by atoms with Gasteiger partial charge in [-0.05, 0) is 31.8 Å². The fraction of sp³-hybridized carbons (Fsp3) is 0.500. The number of halogens is 2. The molecule has 3 nitrogen and oxygen atoms in total. The zero-order valence-corrected chi connectivity index (χ0v) is 10.2. The molecule has 1 rings (SSSR count). The molecule has 0 heterocycles. The molecule has 1 unspecified atom stereocenters. The van der Waals surface area contributed by atoms with Crippen molar-refractivity contribution in [2.75, 3.05) is 33.7 Å². The molecule has 3 N–H and O–H groups in total. The van der Waals surface area contributed by atoms with Gasteiger partial charge < -0.3 is 16.0 Å². The first-order chi connectivity index (χ1) is 8.02. The van der Waals surface area contributed by atoms with Crippen molar-refractivity contribution in [3.8, 4) is 0 Å². The molecule has 0 saturated carbocycles. The number of nitrogens with zero attached hydrogens (tertiary/aromatic N) is 1. The smallest absolute Gasteiger partial charge is 0.126 e. The number of benzene rings is 1. The summed E-state index contributed by atoms with van der Waals surface area (Å²) in [6.07, 6.45) is 0. The highest BCUT2D eigenvalue weighted by Crippen LogP contribution is 2.15. The molecular formula is C12H19F2N3. The number of likely N-dealkylation sites (N-methyl/N-ethyl adjacent to an activating group) is 1. The quantitative estimate of drug-likeness (QED) is 0.786. The number of rotatable bonds is 6. The maximum Gasteiger partial charge on any atom is 0.126 e. The minimum absolute atomic E-state index is 0.222. The van der Waals surface area contributed by atoms with Crippen LogP contribution in [0.3, 0.4) is 0 Å². The summed E-state index contributed by atoms with van der Waals surface area (Å²) in [6.45, 7) is 1.86. The third-order valence-corrected chi connectivity index (χ3v) is 2.47. The van der Waals surface area contributed by atoms with Crippen molar-refractivity contribution in [1.82, 2.24) is 10.2 Å². The van der Waals surface area contributed by atoms with Gasteiger partial charge in [0, 0.05) is 31.7 Å². The highest BCUT2D eigenvalue weighted by atomic mass is 19.1. The monoisotopic (exact) mass is 243 g/mol. The predicted molar refractivity (Wildman–Crippen MR) is 64.7 cm³/mol. The van der Waals surface area contributed by atoms with Crippen LogP contribution in [0.5, 0.6) is 0 Å². The molecule has 0 spiro atoms. The van der Waals surface area contributed by atoms with Crippen molar-refractivity contribution in [2.45, 2.75) is 6.04 Å². The van der Waals surface area contributed by atoms with E-state index in [0.717, 1.165) is 12.6 Å². The molecule has 0 bridgehead atoms. The van der Waals surface area contributed by atoms with Crippen LogP contribution in [0.15, 0.2) is 18.2 Å². The van der Waals surface area contributed by atoms with Crippen molar-refractivity contribution in [3.63, 3.8) is 0 Å². The van der Waals surface area contributed by atoms with E-state index >= 15 is 0 Å². The van der Waals surface area contributed by atoms with Gasteiger partial charge in [-0.2, -0.15) is 0 Å². The maximum atomic E-state index is 13.1. The van der Waals surface area contributed by atoms with Gasteiger partial charge in [0.1, 0.15) is 11.6 Å². The van der Waals surface area contributed by atoms with Crippen LogP contribution in [-0.2, 0) is 0 Å². The topological polar surface area (TPSA) is 41.3 Å². The average Bonchev–Trinajstić information content (AvgIpc) is 2.22. The number of hydrogen-bond donors (Lipinski definition) is 2. The molecule has 0 aromatic heterocycles. The van der Waals surface area contributed by atoms with E-state index < -0.39 is 11.6 Å². The van der Waals surface area contributed by atoms with Crippen LogP contribution in [0.25, 0.3) is 0 Å². The molecule has 1 atom stereocenters. The normalized spacial score (nSPS) is 13.1. The van der Waals surface area contributed by atoms with E-state index in [-0.39, 0.29) is 6.04 Å². The Bertz CT molecular complexity index is 335. The van der Waals surface area contributed by atoms with Gasteiger partial charge >= 0.3 is 0 Å². The maximum absolute atomic E-state index is 13.1. The standard InChI is InChI=1S/C12H19F2N3/c1-17(2)4-3-16-12(8-15)9-5-10(13)7-11(14)6-9/h5-7,12,16H,3-4,8,15H2,1-2H3. The fourth-order valence-electron chi connectivity index (χ4n) is 1.58. The summed E-state index contributed by atoms with van der Waals surface area (Å²) >= 11 is 0. The van der Waals surface area contributed by atoms with E-state index in [0.29, 0.717) is 18.7 Å². The van der Waals surface area contributed by atoms with Gasteiger partial charge in [-0.1, -0.05) is 0 Å². The van der Waals surface area contributed by atoms with Gasteiger partial charge in [-0.25, -0.2) is 8.78 Å². The first kappa shape index (κ1) is 14.0. The molecule has 0 aliphatic carbocycles. The SMILES string of the molecule is CN(C)CCNC(CN)c1cc(F)cc(F)c1. The molecule has 96 valence electrons. The van der Waals surface area contributed by atoms with E-state index in [2.05, 4.69) is 5.32 Å². The lowest BCUT2D eigenvalue weighted by Gasteiger charge is -2.19. The average molecular weight is 243 g/mol. The van der Waals surface area contributed by atoms with Crippen molar-refractivity contribution >= 4 is 0 Å². The number of nitrogens with one attached hydrogen (secondary N) is 1. The Balaban J connectivity index is 2.65. The minimum Gasteiger partial charge on any atom is -0.329 e. The van der Waals surface area contributed by atoms with Crippen LogP contribution in [0.2, 0.25) is 0 Å². The van der Waals surface area contributed by atoms with Gasteiger partial charge in [0.2, 0.25) is 0 Å². The minimum atomic E-state index is -0.576. The Labute approximate surface area is 101 Å². The highest BCUT2D eigenvalue weighted by molar-refractivity contribution is 5.21. The van der Waals surface area contributed by atoms with Crippen LogP contribution in [0.4, 0.5) is 8.78 Å². The Hall–Kier alpha value is -1.04. The molecule has 0 saturated heterocycles. The zero-order valence-electron chi connectivity index (χ0n) is 10.2. The van der Waals surface area contributed by atoms with Crippen molar-refractivity contribution in [3.05, 3.63) is 35.4 Å². The number of hydrogen-bond acceptors (Lipinski definition) is 3. The molecule has 1 aromatic rings. The Morgan fingerprint density at radius 3 is 2.29 bits per heavy atom. The molecule has 17 heavy (non-hydrogen) atoms. The van der Waals surface area contributed by atoms with E-state index in [1.807, 2.05) is 19.0 Å². The van der Waals surface area contributed by atoms with Gasteiger partial charge in [-0.15, -0.1) is 0 Å². The van der Waals surface area contributed by atoms with E-state index in [1.165, 1.54) is 12.1 Å².